The van der Waals surface area contributed by atoms with Crippen LogP contribution in [0.1, 0.15) is 13.3 Å². The van der Waals surface area contributed by atoms with Crippen LogP contribution >= 0.6 is 11.8 Å². The number of rotatable bonds is 6. The second-order valence-corrected chi connectivity index (χ2v) is 4.73. The highest BCUT2D eigenvalue weighted by Crippen LogP contribution is 2.21. The molecule has 2 aromatic heterocycles. The third-order valence-corrected chi connectivity index (χ3v) is 3.25. The number of carbonyl (C=O) groups excluding carboxylic acids is 1. The van der Waals surface area contributed by atoms with Gasteiger partial charge in [-0.05, 0) is 18.6 Å². The van der Waals surface area contributed by atoms with E-state index in [1.54, 1.807) is 12.1 Å². The van der Waals surface area contributed by atoms with Crippen molar-refractivity contribution in [3.05, 3.63) is 18.4 Å². The first-order chi connectivity index (χ1) is 9.22. The molecule has 102 valence electrons. The number of nitrogens with two attached hydrogens (primary N) is 1. The van der Waals surface area contributed by atoms with Crippen molar-refractivity contribution in [1.29, 1.82) is 0 Å². The predicted octanol–water partition coefficient (Wildman–Crippen LogP) is 0.870. The Balaban J connectivity index is 1.97. The summed E-state index contributed by atoms with van der Waals surface area (Å²) in [6.07, 6.45) is 2.45. The molecule has 2 heterocycles. The predicted molar refractivity (Wildman–Crippen MR) is 71.9 cm³/mol. The van der Waals surface area contributed by atoms with Crippen molar-refractivity contribution in [2.75, 3.05) is 18.1 Å². The normalized spacial score (nSPS) is 10.6. The van der Waals surface area contributed by atoms with Crippen LogP contribution in [0.25, 0.3) is 11.6 Å². The number of nitrogen functional groups attached to an aromatic ring is 1. The summed E-state index contributed by atoms with van der Waals surface area (Å²) in [5.41, 5.74) is 0. The molecule has 0 saturated carbocycles. The van der Waals surface area contributed by atoms with Crippen molar-refractivity contribution >= 4 is 17.7 Å². The monoisotopic (exact) mass is 281 g/mol. The molecule has 1 amide bonds. The maximum atomic E-state index is 11.5. The molecule has 0 bridgehead atoms. The van der Waals surface area contributed by atoms with Gasteiger partial charge in [0.2, 0.25) is 16.9 Å². The zero-order chi connectivity index (χ0) is 13.7. The number of nitrogens with zero attached hydrogens (tertiary/aromatic N) is 3. The van der Waals surface area contributed by atoms with Crippen LogP contribution in [0.15, 0.2) is 28.0 Å². The lowest BCUT2D eigenvalue weighted by Gasteiger charge is -2.03. The van der Waals surface area contributed by atoms with Crippen molar-refractivity contribution in [1.82, 2.24) is 20.2 Å². The molecule has 0 aliphatic rings. The molecule has 0 spiro atoms. The van der Waals surface area contributed by atoms with E-state index in [2.05, 4.69) is 15.5 Å². The number of hydrogen-bond acceptors (Lipinski definition) is 6. The van der Waals surface area contributed by atoms with Crippen molar-refractivity contribution < 1.29 is 9.21 Å². The van der Waals surface area contributed by atoms with Gasteiger partial charge in [-0.2, -0.15) is 0 Å². The zero-order valence-corrected chi connectivity index (χ0v) is 11.3. The summed E-state index contributed by atoms with van der Waals surface area (Å²) in [6, 6.07) is 3.49. The Morgan fingerprint density at radius 2 is 2.42 bits per heavy atom. The molecule has 7 nitrogen and oxygen atoms in total. The van der Waals surface area contributed by atoms with Gasteiger partial charge in [0, 0.05) is 6.54 Å². The van der Waals surface area contributed by atoms with E-state index >= 15 is 0 Å². The maximum absolute atomic E-state index is 11.5. The highest BCUT2D eigenvalue weighted by Gasteiger charge is 2.15. The second kappa shape index (κ2) is 6.28. The van der Waals surface area contributed by atoms with Gasteiger partial charge in [0.1, 0.15) is 0 Å². The highest BCUT2D eigenvalue weighted by molar-refractivity contribution is 7.99. The van der Waals surface area contributed by atoms with E-state index < -0.39 is 0 Å². The number of aromatic nitrogens is 3. The summed E-state index contributed by atoms with van der Waals surface area (Å²) in [4.78, 5) is 11.5. The maximum Gasteiger partial charge on any atom is 0.230 e. The van der Waals surface area contributed by atoms with E-state index in [9.17, 15) is 4.79 Å². The van der Waals surface area contributed by atoms with Gasteiger partial charge in [0.05, 0.1) is 12.0 Å². The van der Waals surface area contributed by atoms with E-state index in [1.165, 1.54) is 22.7 Å². The van der Waals surface area contributed by atoms with Crippen LogP contribution in [0, 0.1) is 0 Å². The van der Waals surface area contributed by atoms with Crippen LogP contribution in [0.3, 0.4) is 0 Å². The topological polar surface area (TPSA) is 99.0 Å². The van der Waals surface area contributed by atoms with Crippen molar-refractivity contribution in [2.24, 2.45) is 0 Å². The fourth-order valence-electron chi connectivity index (χ4n) is 1.39. The second-order valence-electron chi connectivity index (χ2n) is 3.79. The van der Waals surface area contributed by atoms with Crippen molar-refractivity contribution in [3.63, 3.8) is 0 Å². The molecule has 0 fully saturated rings. The summed E-state index contributed by atoms with van der Waals surface area (Å²) in [5, 5.41) is 11.1. The quantitative estimate of drug-likeness (QED) is 0.602. The van der Waals surface area contributed by atoms with Gasteiger partial charge < -0.3 is 15.6 Å². The van der Waals surface area contributed by atoms with Crippen LogP contribution in [-0.2, 0) is 4.79 Å². The number of nitrogens with one attached hydrogen (secondary N) is 1. The van der Waals surface area contributed by atoms with Gasteiger partial charge in [-0.1, -0.05) is 18.7 Å². The minimum Gasteiger partial charge on any atom is -0.461 e. The summed E-state index contributed by atoms with van der Waals surface area (Å²) >= 11 is 1.23. The van der Waals surface area contributed by atoms with Crippen LogP contribution in [0.5, 0.6) is 0 Å². The molecule has 0 atom stereocenters. The number of carbonyl (C=O) groups is 1. The standard InChI is InChI=1S/C11H15N5O2S/c1-2-5-13-9(17)7-19-11-15-14-10(16(11)12)8-4-3-6-18-8/h3-4,6H,2,5,7,12H2,1H3,(H,13,17). The SMILES string of the molecule is CCCNC(=O)CSc1nnc(-c2ccco2)n1N. The minimum absolute atomic E-state index is 0.0469. The zero-order valence-electron chi connectivity index (χ0n) is 10.5. The first-order valence-corrected chi connectivity index (χ1v) is 6.84. The van der Waals surface area contributed by atoms with Crippen molar-refractivity contribution in [2.45, 2.75) is 18.5 Å². The lowest BCUT2D eigenvalue weighted by molar-refractivity contribution is -0.118. The van der Waals surface area contributed by atoms with E-state index in [0.717, 1.165) is 6.42 Å². The average molecular weight is 281 g/mol. The molecule has 0 saturated heterocycles. The smallest absolute Gasteiger partial charge is 0.230 e. The third kappa shape index (κ3) is 3.28. The van der Waals surface area contributed by atoms with Gasteiger partial charge in [0.25, 0.3) is 0 Å². The van der Waals surface area contributed by atoms with E-state index in [-0.39, 0.29) is 11.7 Å². The molecule has 0 aliphatic heterocycles. The molecule has 19 heavy (non-hydrogen) atoms. The van der Waals surface area contributed by atoms with E-state index in [0.29, 0.717) is 23.3 Å². The van der Waals surface area contributed by atoms with Crippen LogP contribution in [-0.4, -0.2) is 33.1 Å². The summed E-state index contributed by atoms with van der Waals surface area (Å²) < 4.78 is 6.52. The fraction of sp³-hybridized carbons (Fsp3) is 0.364. The van der Waals surface area contributed by atoms with Gasteiger partial charge in [-0.25, -0.2) is 4.68 Å². The Bertz CT molecular complexity index is 537. The molecule has 0 aliphatic carbocycles. The summed E-state index contributed by atoms with van der Waals surface area (Å²) in [7, 11) is 0. The average Bonchev–Trinajstić information content (AvgIpc) is 3.03. The third-order valence-electron chi connectivity index (χ3n) is 2.31. The van der Waals surface area contributed by atoms with E-state index in [1.807, 2.05) is 6.92 Å². The first-order valence-electron chi connectivity index (χ1n) is 5.86. The molecular weight excluding hydrogens is 266 g/mol. The molecular formula is C11H15N5O2S. The van der Waals surface area contributed by atoms with Crippen LogP contribution in [0.4, 0.5) is 0 Å². The largest absolute Gasteiger partial charge is 0.461 e. The Hall–Kier alpha value is -1.96. The lowest BCUT2D eigenvalue weighted by Crippen LogP contribution is -2.26. The number of thioether (sulfide) groups is 1. The highest BCUT2D eigenvalue weighted by atomic mass is 32.2. The molecule has 0 radical (unpaired) electrons. The Morgan fingerprint density at radius 3 is 3.11 bits per heavy atom. The molecule has 8 heteroatoms. The molecule has 0 unspecified atom stereocenters. The molecule has 2 aromatic rings. The van der Waals surface area contributed by atoms with E-state index in [4.69, 9.17) is 10.3 Å². The molecule has 2 rings (SSSR count). The van der Waals surface area contributed by atoms with Crippen LogP contribution < -0.4 is 11.2 Å². The number of hydrogen-bond donors (Lipinski definition) is 2. The number of amides is 1. The molecule has 3 N–H and O–H groups in total. The Labute approximate surface area is 114 Å². The van der Waals surface area contributed by atoms with Crippen LogP contribution in [0.2, 0.25) is 0 Å². The van der Waals surface area contributed by atoms with Gasteiger partial charge in [-0.3, -0.25) is 4.79 Å². The fourth-order valence-corrected chi connectivity index (χ4v) is 2.08. The summed E-state index contributed by atoms with van der Waals surface area (Å²) in [6.45, 7) is 2.67. The van der Waals surface area contributed by atoms with Gasteiger partial charge >= 0.3 is 0 Å². The van der Waals surface area contributed by atoms with Gasteiger partial charge in [-0.15, -0.1) is 10.2 Å². The molecule has 0 aromatic carbocycles. The Morgan fingerprint density at radius 1 is 1.58 bits per heavy atom. The minimum atomic E-state index is -0.0469. The number of furan rings is 1. The lowest BCUT2D eigenvalue weighted by atomic mass is 10.4. The van der Waals surface area contributed by atoms with Gasteiger partial charge in [0.15, 0.2) is 5.76 Å². The summed E-state index contributed by atoms with van der Waals surface area (Å²) in [5.74, 6) is 7.04. The first kappa shape index (κ1) is 13.5. The van der Waals surface area contributed by atoms with Crippen molar-refractivity contribution in [3.8, 4) is 11.6 Å². The Kier molecular flexibility index (Phi) is 4.45.